The van der Waals surface area contributed by atoms with E-state index >= 15 is 0 Å². The van der Waals surface area contributed by atoms with Gasteiger partial charge in [0.15, 0.2) is 0 Å². The van der Waals surface area contributed by atoms with E-state index in [4.69, 9.17) is 4.74 Å². The molecule has 0 bridgehead atoms. The summed E-state index contributed by atoms with van der Waals surface area (Å²) in [7, 11) is 0. The summed E-state index contributed by atoms with van der Waals surface area (Å²) in [5.74, 6) is 0.149. The Morgan fingerprint density at radius 1 is 0.857 bits per heavy atom. The molecule has 0 atom stereocenters. The van der Waals surface area contributed by atoms with Crippen LogP contribution >= 0.6 is 45.2 Å². The first-order valence-electron chi connectivity index (χ1n) is 10.7. The zero-order chi connectivity index (χ0) is 24.6. The molecule has 0 aliphatic heterocycles. The number of rotatable bonds is 6. The molecule has 0 saturated heterocycles. The van der Waals surface area contributed by atoms with E-state index in [2.05, 4.69) is 60.8 Å². The number of amides is 2. The number of hydrogen-bond donors (Lipinski definition) is 2. The van der Waals surface area contributed by atoms with Gasteiger partial charge in [-0.1, -0.05) is 0 Å². The molecule has 9 heteroatoms. The predicted octanol–water partition coefficient (Wildman–Crippen LogP) is 6.73. The number of carbonyl (C=O) groups is 2. The first kappa shape index (κ1) is 23.9. The number of halogens is 3. The summed E-state index contributed by atoms with van der Waals surface area (Å²) in [5, 5.41) is 6.45. The molecule has 2 N–H and O–H groups in total. The Balaban J connectivity index is 1.26. The highest BCUT2D eigenvalue weighted by atomic mass is 127. The average molecular weight is 693 g/mol. The molecule has 5 rings (SSSR count). The lowest BCUT2D eigenvalue weighted by atomic mass is 10.0. The minimum Gasteiger partial charge on any atom is -0.457 e. The number of nitrogens with zero attached hydrogens (tertiary/aromatic N) is 1. The number of anilines is 2. The molecule has 0 unspecified atom stereocenters. The third-order valence-electron chi connectivity index (χ3n) is 5.80. The molecule has 1 heterocycles. The lowest BCUT2D eigenvalue weighted by Gasteiger charge is -2.16. The lowest BCUT2D eigenvalue weighted by Crippen LogP contribution is -2.35. The smallest absolute Gasteiger partial charge is 0.240 e. The van der Waals surface area contributed by atoms with Crippen molar-refractivity contribution < 1.29 is 18.7 Å². The standard InChI is InChI=1S/C26H18FI2N3O3/c27-15-1-3-16(4-2-15)31-24(33)26(10-11-26)25(34)32-17-5-7-18(8-6-17)35-23-9-12-30-22-14-21(29)20(28)13-19(22)23/h1-9,12-14H,10-11H2,(H,31,33)(H,32,34). The second-order valence-corrected chi connectivity index (χ2v) is 10.5. The molecule has 1 fully saturated rings. The first-order valence-corrected chi connectivity index (χ1v) is 12.9. The van der Waals surface area contributed by atoms with Crippen molar-refractivity contribution in [2.75, 3.05) is 10.6 Å². The largest absolute Gasteiger partial charge is 0.457 e. The van der Waals surface area contributed by atoms with Crippen LogP contribution in [0.2, 0.25) is 0 Å². The maximum Gasteiger partial charge on any atom is 0.240 e. The number of hydrogen-bond acceptors (Lipinski definition) is 4. The quantitative estimate of drug-likeness (QED) is 0.174. The molecule has 3 aromatic carbocycles. The first-order chi connectivity index (χ1) is 16.8. The van der Waals surface area contributed by atoms with Crippen molar-refractivity contribution in [1.82, 2.24) is 4.98 Å². The number of fused-ring (bicyclic) bond motifs is 1. The fourth-order valence-corrected chi connectivity index (χ4v) is 4.57. The van der Waals surface area contributed by atoms with Gasteiger partial charge < -0.3 is 15.4 Å². The van der Waals surface area contributed by atoms with Crippen LogP contribution in [0.1, 0.15) is 12.8 Å². The van der Waals surface area contributed by atoms with E-state index in [1.807, 2.05) is 18.2 Å². The summed E-state index contributed by atoms with van der Waals surface area (Å²) in [5.41, 5.74) is 0.746. The molecule has 1 saturated carbocycles. The van der Waals surface area contributed by atoms with Crippen LogP contribution in [0.4, 0.5) is 15.8 Å². The predicted molar refractivity (Wildman–Crippen MR) is 149 cm³/mol. The number of carbonyl (C=O) groups excluding carboxylic acids is 2. The van der Waals surface area contributed by atoms with Crippen molar-refractivity contribution >= 4 is 79.3 Å². The number of nitrogens with one attached hydrogen (secondary N) is 2. The second-order valence-electron chi connectivity index (χ2n) is 8.22. The van der Waals surface area contributed by atoms with E-state index in [1.165, 1.54) is 24.3 Å². The highest BCUT2D eigenvalue weighted by molar-refractivity contribution is 14.1. The molecule has 35 heavy (non-hydrogen) atoms. The van der Waals surface area contributed by atoms with Gasteiger partial charge in [-0.05, 0) is 125 Å². The van der Waals surface area contributed by atoms with Gasteiger partial charge in [0.25, 0.3) is 0 Å². The van der Waals surface area contributed by atoms with Crippen LogP contribution in [0.3, 0.4) is 0 Å². The number of ether oxygens (including phenoxy) is 1. The summed E-state index contributed by atoms with van der Waals surface area (Å²) in [4.78, 5) is 30.0. The monoisotopic (exact) mass is 693 g/mol. The van der Waals surface area contributed by atoms with Gasteiger partial charge in [0, 0.05) is 30.1 Å². The Kier molecular flexibility index (Phi) is 6.62. The van der Waals surface area contributed by atoms with Crippen molar-refractivity contribution in [2.24, 2.45) is 5.41 Å². The zero-order valence-electron chi connectivity index (χ0n) is 18.1. The summed E-state index contributed by atoms with van der Waals surface area (Å²) in [6, 6.07) is 18.3. The minimum absolute atomic E-state index is 0.366. The molecule has 1 aliphatic rings. The molecule has 4 aromatic rings. The highest BCUT2D eigenvalue weighted by Crippen LogP contribution is 2.47. The van der Waals surface area contributed by atoms with Crippen LogP contribution in [-0.2, 0) is 9.59 Å². The molecule has 176 valence electrons. The van der Waals surface area contributed by atoms with Gasteiger partial charge in [-0.15, -0.1) is 0 Å². The number of pyridine rings is 1. The normalized spacial score (nSPS) is 13.8. The second kappa shape index (κ2) is 9.69. The van der Waals surface area contributed by atoms with Gasteiger partial charge in [0.1, 0.15) is 22.7 Å². The molecule has 2 amide bonds. The molecular formula is C26H18FI2N3O3. The van der Waals surface area contributed by atoms with Crippen LogP contribution in [0, 0.1) is 18.4 Å². The Bertz CT molecular complexity index is 1440. The molecule has 0 spiro atoms. The van der Waals surface area contributed by atoms with Crippen molar-refractivity contribution in [3.8, 4) is 11.5 Å². The maximum absolute atomic E-state index is 13.1. The van der Waals surface area contributed by atoms with E-state index < -0.39 is 17.1 Å². The van der Waals surface area contributed by atoms with Crippen molar-refractivity contribution in [2.45, 2.75) is 12.8 Å². The van der Waals surface area contributed by atoms with Crippen molar-refractivity contribution in [3.05, 3.63) is 85.9 Å². The summed E-state index contributed by atoms with van der Waals surface area (Å²) < 4.78 is 21.4. The Morgan fingerprint density at radius 2 is 1.43 bits per heavy atom. The number of aromatic nitrogens is 1. The van der Waals surface area contributed by atoms with Gasteiger partial charge in [-0.25, -0.2) is 4.39 Å². The Morgan fingerprint density at radius 3 is 2.03 bits per heavy atom. The third-order valence-corrected chi connectivity index (χ3v) is 8.62. The van der Waals surface area contributed by atoms with E-state index in [0.29, 0.717) is 35.7 Å². The fourth-order valence-electron chi connectivity index (χ4n) is 3.65. The van der Waals surface area contributed by atoms with Crippen LogP contribution in [0.15, 0.2) is 72.9 Å². The lowest BCUT2D eigenvalue weighted by molar-refractivity contribution is -0.131. The average Bonchev–Trinajstić information content (AvgIpc) is 3.65. The molecular weight excluding hydrogens is 675 g/mol. The van der Waals surface area contributed by atoms with Gasteiger partial charge in [0.05, 0.1) is 5.52 Å². The van der Waals surface area contributed by atoms with Crippen LogP contribution in [0.25, 0.3) is 10.9 Å². The van der Waals surface area contributed by atoms with Gasteiger partial charge in [0.2, 0.25) is 11.8 Å². The van der Waals surface area contributed by atoms with Crippen LogP contribution in [-0.4, -0.2) is 16.8 Å². The summed E-state index contributed by atoms with van der Waals surface area (Å²) in [6.45, 7) is 0. The van der Waals surface area contributed by atoms with Gasteiger partial charge in [-0.3, -0.25) is 14.6 Å². The SMILES string of the molecule is O=C(Nc1ccc(F)cc1)C1(C(=O)Nc2ccc(Oc3ccnc4cc(I)c(I)cc34)cc2)CC1. The van der Waals surface area contributed by atoms with E-state index in [-0.39, 0.29) is 5.91 Å². The summed E-state index contributed by atoms with van der Waals surface area (Å²) >= 11 is 4.56. The topological polar surface area (TPSA) is 80.3 Å². The van der Waals surface area contributed by atoms with Crippen LogP contribution in [0.5, 0.6) is 11.5 Å². The minimum atomic E-state index is -1.12. The van der Waals surface area contributed by atoms with E-state index in [0.717, 1.165) is 18.0 Å². The molecule has 1 aromatic heterocycles. The molecule has 0 radical (unpaired) electrons. The third kappa shape index (κ3) is 5.10. The Hall–Kier alpha value is -2.80. The maximum atomic E-state index is 13.1. The van der Waals surface area contributed by atoms with Crippen LogP contribution < -0.4 is 15.4 Å². The molecule has 6 nitrogen and oxygen atoms in total. The summed E-state index contributed by atoms with van der Waals surface area (Å²) in [6.07, 6.45) is 2.63. The molecule has 1 aliphatic carbocycles. The zero-order valence-corrected chi connectivity index (χ0v) is 22.5. The number of benzene rings is 3. The van der Waals surface area contributed by atoms with Gasteiger partial charge >= 0.3 is 0 Å². The van der Waals surface area contributed by atoms with Crippen molar-refractivity contribution in [3.63, 3.8) is 0 Å². The Labute approximate surface area is 227 Å². The van der Waals surface area contributed by atoms with E-state index in [9.17, 15) is 14.0 Å². The van der Waals surface area contributed by atoms with E-state index in [1.54, 1.807) is 30.5 Å². The van der Waals surface area contributed by atoms with Crippen molar-refractivity contribution in [1.29, 1.82) is 0 Å². The highest BCUT2D eigenvalue weighted by Gasteiger charge is 2.56. The fraction of sp³-hybridized carbons (Fsp3) is 0.115. The van der Waals surface area contributed by atoms with Gasteiger partial charge in [-0.2, -0.15) is 0 Å².